The number of rotatable bonds is 6. The Bertz CT molecular complexity index is 463. The fourth-order valence-electron chi connectivity index (χ4n) is 1.64. The maximum Gasteiger partial charge on any atom is 0.338 e. The summed E-state index contributed by atoms with van der Waals surface area (Å²) >= 11 is 0. The van der Waals surface area contributed by atoms with Crippen LogP contribution in [0.15, 0.2) is 12.1 Å². The molecule has 0 aromatic heterocycles. The molecule has 0 aliphatic rings. The summed E-state index contributed by atoms with van der Waals surface area (Å²) in [5.74, 6) is -3.48. The normalized spacial score (nSPS) is 12.5. The summed E-state index contributed by atoms with van der Waals surface area (Å²) in [6, 6.07) is 0.954. The van der Waals surface area contributed by atoms with E-state index >= 15 is 0 Å². The van der Waals surface area contributed by atoms with Gasteiger partial charge in [0.2, 0.25) is 0 Å². The van der Waals surface area contributed by atoms with Crippen LogP contribution in [0.2, 0.25) is 0 Å². The van der Waals surface area contributed by atoms with Gasteiger partial charge in [0.25, 0.3) is 0 Å². The standard InChI is InChI=1S/C12H15F2NO4/c1-6(12(18-2)19-3)15-10-4-7(11(16)17)8(13)5-9(10)14/h4-6,12,15H,1-3H3,(H,16,17). The molecule has 0 aliphatic carbocycles. The number of carboxylic acids is 1. The molecule has 0 heterocycles. The van der Waals surface area contributed by atoms with E-state index in [0.717, 1.165) is 6.07 Å². The number of carbonyl (C=O) groups is 1. The summed E-state index contributed by atoms with van der Waals surface area (Å²) < 4.78 is 36.7. The molecular formula is C12H15F2NO4. The molecule has 0 radical (unpaired) electrons. The number of hydrogen-bond acceptors (Lipinski definition) is 4. The Morgan fingerprint density at radius 2 is 1.84 bits per heavy atom. The van der Waals surface area contributed by atoms with Crippen molar-refractivity contribution in [1.29, 1.82) is 0 Å². The Morgan fingerprint density at radius 3 is 2.32 bits per heavy atom. The average Bonchev–Trinajstić information content (AvgIpc) is 2.33. The summed E-state index contributed by atoms with van der Waals surface area (Å²) in [6.07, 6.45) is -0.655. The van der Waals surface area contributed by atoms with Crippen LogP contribution in [0, 0.1) is 11.6 Å². The van der Waals surface area contributed by atoms with Crippen LogP contribution in [0.3, 0.4) is 0 Å². The van der Waals surface area contributed by atoms with Crippen molar-refractivity contribution >= 4 is 11.7 Å². The minimum Gasteiger partial charge on any atom is -0.478 e. The number of carboxylic acid groups (broad SMARTS) is 1. The topological polar surface area (TPSA) is 67.8 Å². The third-order valence-electron chi connectivity index (χ3n) is 2.54. The molecule has 2 N–H and O–H groups in total. The van der Waals surface area contributed by atoms with Crippen LogP contribution in [-0.2, 0) is 9.47 Å². The van der Waals surface area contributed by atoms with Gasteiger partial charge in [-0.05, 0) is 13.0 Å². The van der Waals surface area contributed by atoms with Crippen molar-refractivity contribution in [2.45, 2.75) is 19.3 Å². The van der Waals surface area contributed by atoms with E-state index in [9.17, 15) is 13.6 Å². The Hall–Kier alpha value is -1.73. The fraction of sp³-hybridized carbons (Fsp3) is 0.417. The molecule has 5 nitrogen and oxygen atoms in total. The first-order valence-electron chi connectivity index (χ1n) is 5.45. The maximum absolute atomic E-state index is 13.5. The molecule has 7 heteroatoms. The first-order chi connectivity index (χ1) is 8.90. The van der Waals surface area contributed by atoms with Crippen LogP contribution in [0.5, 0.6) is 0 Å². The summed E-state index contributed by atoms with van der Waals surface area (Å²) in [4.78, 5) is 10.8. The fourth-order valence-corrected chi connectivity index (χ4v) is 1.64. The minimum atomic E-state index is -1.47. The molecule has 0 saturated carbocycles. The van der Waals surface area contributed by atoms with Gasteiger partial charge in [0, 0.05) is 20.3 Å². The molecule has 1 atom stereocenters. The van der Waals surface area contributed by atoms with Crippen LogP contribution >= 0.6 is 0 Å². The Labute approximate surface area is 109 Å². The number of hydrogen-bond donors (Lipinski definition) is 2. The van der Waals surface area contributed by atoms with Crippen LogP contribution in [0.4, 0.5) is 14.5 Å². The van der Waals surface area contributed by atoms with Crippen LogP contribution in [0.25, 0.3) is 0 Å². The van der Waals surface area contributed by atoms with Crippen LogP contribution < -0.4 is 5.32 Å². The summed E-state index contributed by atoms with van der Waals surface area (Å²) in [5, 5.41) is 11.5. The van der Waals surface area contributed by atoms with Crippen molar-refractivity contribution in [2.24, 2.45) is 0 Å². The van der Waals surface area contributed by atoms with Crippen molar-refractivity contribution in [1.82, 2.24) is 0 Å². The van der Waals surface area contributed by atoms with Gasteiger partial charge in [0.15, 0.2) is 6.29 Å². The number of halogens is 2. The number of nitrogens with one attached hydrogen (secondary N) is 1. The van der Waals surface area contributed by atoms with E-state index in [-0.39, 0.29) is 5.69 Å². The van der Waals surface area contributed by atoms with E-state index in [1.54, 1.807) is 6.92 Å². The average molecular weight is 275 g/mol. The number of methoxy groups -OCH3 is 2. The van der Waals surface area contributed by atoms with Crippen LogP contribution in [0.1, 0.15) is 17.3 Å². The number of ether oxygens (including phenoxy) is 2. The quantitative estimate of drug-likeness (QED) is 0.778. The molecule has 1 unspecified atom stereocenters. The minimum absolute atomic E-state index is 0.134. The predicted octanol–water partition coefficient (Wildman–Crippen LogP) is 2.08. The van der Waals surface area contributed by atoms with Gasteiger partial charge in [-0.25, -0.2) is 13.6 Å². The third kappa shape index (κ3) is 3.62. The van der Waals surface area contributed by atoms with Gasteiger partial charge in [0.05, 0.1) is 17.3 Å². The second-order valence-electron chi connectivity index (χ2n) is 3.89. The highest BCUT2D eigenvalue weighted by Crippen LogP contribution is 2.21. The molecule has 0 spiro atoms. The molecule has 0 aliphatic heterocycles. The number of aromatic carboxylic acids is 1. The van der Waals surface area contributed by atoms with E-state index in [0.29, 0.717) is 6.07 Å². The molecule has 1 rings (SSSR count). The summed E-state index contributed by atoms with van der Waals surface area (Å²) in [6.45, 7) is 1.65. The van der Waals surface area contributed by atoms with Gasteiger partial charge in [-0.3, -0.25) is 0 Å². The molecule has 0 fully saturated rings. The van der Waals surface area contributed by atoms with Gasteiger partial charge in [-0.2, -0.15) is 0 Å². The van der Waals surface area contributed by atoms with E-state index < -0.39 is 35.5 Å². The highest BCUT2D eigenvalue weighted by molar-refractivity contribution is 5.89. The second kappa shape index (κ2) is 6.44. The van der Waals surface area contributed by atoms with Gasteiger partial charge in [-0.1, -0.05) is 0 Å². The zero-order valence-corrected chi connectivity index (χ0v) is 10.7. The Balaban J connectivity index is 3.01. The molecule has 106 valence electrons. The van der Waals surface area contributed by atoms with E-state index in [1.165, 1.54) is 14.2 Å². The lowest BCUT2D eigenvalue weighted by Crippen LogP contribution is -2.34. The van der Waals surface area contributed by atoms with Gasteiger partial charge < -0.3 is 19.9 Å². The first kappa shape index (κ1) is 15.3. The molecule has 1 aromatic carbocycles. The lowest BCUT2D eigenvalue weighted by molar-refractivity contribution is -0.109. The molecule has 19 heavy (non-hydrogen) atoms. The smallest absolute Gasteiger partial charge is 0.338 e. The Kier molecular flexibility index (Phi) is 5.20. The highest BCUT2D eigenvalue weighted by Gasteiger charge is 2.20. The monoisotopic (exact) mass is 275 g/mol. The summed E-state index contributed by atoms with van der Waals surface area (Å²) in [5.41, 5.74) is -0.743. The lowest BCUT2D eigenvalue weighted by atomic mass is 10.1. The third-order valence-corrected chi connectivity index (χ3v) is 2.54. The Morgan fingerprint density at radius 1 is 1.26 bits per heavy atom. The molecule has 0 amide bonds. The lowest BCUT2D eigenvalue weighted by Gasteiger charge is -2.23. The molecule has 1 aromatic rings. The molecule has 0 saturated heterocycles. The number of benzene rings is 1. The summed E-state index contributed by atoms with van der Waals surface area (Å²) in [7, 11) is 2.83. The second-order valence-corrected chi connectivity index (χ2v) is 3.89. The van der Waals surface area contributed by atoms with Gasteiger partial charge in [-0.15, -0.1) is 0 Å². The van der Waals surface area contributed by atoms with Gasteiger partial charge >= 0.3 is 5.97 Å². The van der Waals surface area contributed by atoms with Crippen molar-refractivity contribution in [2.75, 3.05) is 19.5 Å². The van der Waals surface area contributed by atoms with E-state index in [1.807, 2.05) is 0 Å². The first-order valence-corrected chi connectivity index (χ1v) is 5.45. The zero-order chi connectivity index (χ0) is 14.6. The largest absolute Gasteiger partial charge is 0.478 e. The SMILES string of the molecule is COC(OC)C(C)Nc1cc(C(=O)O)c(F)cc1F. The van der Waals surface area contributed by atoms with E-state index in [4.69, 9.17) is 14.6 Å². The maximum atomic E-state index is 13.5. The van der Waals surface area contributed by atoms with Crippen molar-refractivity contribution in [3.63, 3.8) is 0 Å². The van der Waals surface area contributed by atoms with Crippen LogP contribution in [-0.4, -0.2) is 37.6 Å². The van der Waals surface area contributed by atoms with Crippen molar-refractivity contribution < 1.29 is 28.2 Å². The highest BCUT2D eigenvalue weighted by atomic mass is 19.1. The number of anilines is 1. The predicted molar refractivity (Wildman–Crippen MR) is 64.2 cm³/mol. The zero-order valence-electron chi connectivity index (χ0n) is 10.7. The van der Waals surface area contributed by atoms with Crippen molar-refractivity contribution in [3.8, 4) is 0 Å². The van der Waals surface area contributed by atoms with E-state index in [2.05, 4.69) is 5.32 Å². The molecule has 0 bridgehead atoms. The van der Waals surface area contributed by atoms with Crippen molar-refractivity contribution in [3.05, 3.63) is 29.3 Å². The molecular weight excluding hydrogens is 260 g/mol. The van der Waals surface area contributed by atoms with Gasteiger partial charge in [0.1, 0.15) is 11.6 Å².